The van der Waals surface area contributed by atoms with Gasteiger partial charge in [-0.15, -0.1) is 0 Å². The fourth-order valence-corrected chi connectivity index (χ4v) is 5.87. The second-order valence-corrected chi connectivity index (χ2v) is 9.69. The zero-order valence-corrected chi connectivity index (χ0v) is 20.0. The monoisotopic (exact) mass is 508 g/mol. The highest BCUT2D eigenvalue weighted by Gasteiger charge is 2.71. The van der Waals surface area contributed by atoms with Gasteiger partial charge in [0.1, 0.15) is 23.0 Å². The molecule has 10 heteroatoms. The molecule has 5 aliphatic heterocycles. The van der Waals surface area contributed by atoms with Gasteiger partial charge in [-0.3, -0.25) is 9.59 Å². The molecule has 0 unspecified atom stereocenters. The third kappa shape index (κ3) is 3.78. The van der Waals surface area contributed by atoms with Crippen LogP contribution in [-0.2, 0) is 34.1 Å². The van der Waals surface area contributed by atoms with Crippen LogP contribution in [0.2, 0.25) is 0 Å². The molecule has 2 aromatic rings. The summed E-state index contributed by atoms with van der Waals surface area (Å²) in [6.07, 6.45) is 1.01. The summed E-state index contributed by atoms with van der Waals surface area (Å²) in [5.74, 6) is -2.38. The van der Waals surface area contributed by atoms with E-state index in [4.69, 9.17) is 28.4 Å². The van der Waals surface area contributed by atoms with Crippen molar-refractivity contribution in [1.29, 1.82) is 0 Å². The van der Waals surface area contributed by atoms with E-state index in [1.54, 1.807) is 36.4 Å². The molecule has 10 nitrogen and oxygen atoms in total. The first-order chi connectivity index (χ1) is 17.9. The quantitative estimate of drug-likeness (QED) is 0.387. The van der Waals surface area contributed by atoms with Gasteiger partial charge in [-0.1, -0.05) is 19.1 Å². The number of carbonyl (C=O) groups excluding carboxylic acids is 4. The van der Waals surface area contributed by atoms with Crippen LogP contribution in [0.4, 0.5) is 0 Å². The zero-order valence-electron chi connectivity index (χ0n) is 20.0. The van der Waals surface area contributed by atoms with Crippen molar-refractivity contribution in [2.45, 2.75) is 31.1 Å². The number of ether oxygens (including phenoxy) is 6. The van der Waals surface area contributed by atoms with Gasteiger partial charge in [0.05, 0.1) is 25.0 Å². The smallest absolute Gasteiger partial charge is 0.344 e. The van der Waals surface area contributed by atoms with E-state index in [2.05, 4.69) is 0 Å². The van der Waals surface area contributed by atoms with Gasteiger partial charge < -0.3 is 28.4 Å². The highest BCUT2D eigenvalue weighted by Crippen LogP contribution is 2.68. The van der Waals surface area contributed by atoms with E-state index in [1.807, 2.05) is 6.92 Å². The maximum absolute atomic E-state index is 13.2. The Balaban J connectivity index is 1.35. The van der Waals surface area contributed by atoms with E-state index >= 15 is 0 Å². The number of carbonyl (C=O) groups is 4. The summed E-state index contributed by atoms with van der Waals surface area (Å²) in [5, 5.41) is 0. The molecule has 0 spiro atoms. The van der Waals surface area contributed by atoms with Gasteiger partial charge in [-0.05, 0) is 25.0 Å². The Labute approximate surface area is 211 Å². The molecule has 0 aromatic heterocycles. The fraction of sp³-hybridized carbons (Fsp3) is 0.407. The Kier molecular flexibility index (Phi) is 5.54. The van der Waals surface area contributed by atoms with E-state index in [1.165, 1.54) is 0 Å². The second-order valence-electron chi connectivity index (χ2n) is 9.69. The van der Waals surface area contributed by atoms with Crippen molar-refractivity contribution in [3.05, 3.63) is 47.5 Å². The summed E-state index contributed by atoms with van der Waals surface area (Å²) < 4.78 is 32.7. The highest BCUT2D eigenvalue weighted by atomic mass is 16.6. The van der Waals surface area contributed by atoms with E-state index in [-0.39, 0.29) is 26.4 Å². The Morgan fingerprint density at radius 3 is 1.86 bits per heavy atom. The van der Waals surface area contributed by atoms with Gasteiger partial charge in [-0.25, -0.2) is 9.59 Å². The van der Waals surface area contributed by atoms with Crippen LogP contribution < -0.4 is 18.9 Å². The van der Waals surface area contributed by atoms with Gasteiger partial charge >= 0.3 is 23.9 Å². The number of hydrogen-bond acceptors (Lipinski definition) is 10. The zero-order chi connectivity index (χ0) is 25.7. The van der Waals surface area contributed by atoms with Crippen LogP contribution in [0.3, 0.4) is 0 Å². The maximum Gasteiger partial charge on any atom is 0.344 e. The van der Waals surface area contributed by atoms with E-state index in [9.17, 15) is 19.2 Å². The summed E-state index contributed by atoms with van der Waals surface area (Å²) in [6.45, 7) is 1.53. The number of fused-ring (bicyclic) bond motifs is 2. The highest BCUT2D eigenvalue weighted by molar-refractivity contribution is 5.93. The summed E-state index contributed by atoms with van der Waals surface area (Å²) in [6, 6.07) is 9.96. The molecule has 6 aliphatic rings. The minimum atomic E-state index is -0.838. The molecule has 0 amide bonds. The lowest BCUT2D eigenvalue weighted by molar-refractivity contribution is -0.171. The number of hydrogen-bond donors (Lipinski definition) is 0. The van der Waals surface area contributed by atoms with E-state index in [0.717, 1.165) is 0 Å². The normalized spacial score (nSPS) is 28.8. The summed E-state index contributed by atoms with van der Waals surface area (Å²) in [7, 11) is 0. The third-order valence-electron chi connectivity index (χ3n) is 7.60. The van der Waals surface area contributed by atoms with Crippen molar-refractivity contribution in [2.24, 2.45) is 11.8 Å². The standard InChI is InChI=1S/C27H24O10/c1-27-17-7-5-15-11-19(17)37-26(31)24(27)22-16-6-4-14(10-18(16)36-25(30)23(22)27)34-12-20(28)32-8-2-3-9-33-21(29)13-35-15/h4-7,10-11,22-24H,2-3,8-9,12-13H2,1H3/t22-,23-,24+,27+/m0/s1. The lowest BCUT2D eigenvalue weighted by Crippen LogP contribution is -2.66. The predicted molar refractivity (Wildman–Crippen MR) is 123 cm³/mol. The first kappa shape index (κ1) is 23.3. The van der Waals surface area contributed by atoms with Gasteiger partial charge in [0.25, 0.3) is 0 Å². The molecule has 10 bridgehead atoms. The summed E-state index contributed by atoms with van der Waals surface area (Å²) >= 11 is 0. The van der Waals surface area contributed by atoms with Crippen LogP contribution in [0.1, 0.15) is 36.8 Å². The fourth-order valence-electron chi connectivity index (χ4n) is 5.87. The average molecular weight is 508 g/mol. The molecular weight excluding hydrogens is 484 g/mol. The van der Waals surface area contributed by atoms with Crippen LogP contribution in [0.5, 0.6) is 23.0 Å². The molecule has 192 valence electrons. The van der Waals surface area contributed by atoms with Crippen molar-refractivity contribution in [2.75, 3.05) is 26.4 Å². The maximum atomic E-state index is 13.2. The van der Waals surface area contributed by atoms with Crippen molar-refractivity contribution >= 4 is 23.9 Å². The van der Waals surface area contributed by atoms with Gasteiger partial charge in [-0.2, -0.15) is 0 Å². The van der Waals surface area contributed by atoms with E-state index in [0.29, 0.717) is 47.0 Å². The van der Waals surface area contributed by atoms with Crippen LogP contribution in [-0.4, -0.2) is 50.3 Å². The topological polar surface area (TPSA) is 124 Å². The molecule has 1 aliphatic carbocycles. The Bertz CT molecular complexity index is 1300. The predicted octanol–water partition coefficient (Wildman–Crippen LogP) is 2.45. The Morgan fingerprint density at radius 2 is 1.24 bits per heavy atom. The SMILES string of the molecule is C[C@]12c3ccc4cc3OC(=O)[C@H]1[C@H]1c3ccc(cc3OC(=O)[C@H]12)OCC(=O)OCCCCOC(=O)CO4. The van der Waals surface area contributed by atoms with Crippen molar-refractivity contribution in [3.8, 4) is 23.0 Å². The van der Waals surface area contributed by atoms with Crippen molar-refractivity contribution in [3.63, 3.8) is 0 Å². The summed E-state index contributed by atoms with van der Waals surface area (Å²) in [4.78, 5) is 50.5. The van der Waals surface area contributed by atoms with Crippen LogP contribution in [0.15, 0.2) is 36.4 Å². The van der Waals surface area contributed by atoms with Gasteiger partial charge in [0.15, 0.2) is 13.2 Å². The minimum absolute atomic E-state index is 0.156. The van der Waals surface area contributed by atoms with Crippen LogP contribution >= 0.6 is 0 Å². The number of esters is 4. The van der Waals surface area contributed by atoms with Crippen LogP contribution in [0, 0.1) is 11.8 Å². The molecule has 0 N–H and O–H groups in total. The molecular formula is C27H24O10. The molecule has 4 atom stereocenters. The Hall–Kier alpha value is -4.08. The van der Waals surface area contributed by atoms with E-state index < -0.39 is 47.0 Å². The molecule has 37 heavy (non-hydrogen) atoms. The van der Waals surface area contributed by atoms with Crippen molar-refractivity contribution in [1.82, 2.24) is 0 Å². The first-order valence-electron chi connectivity index (χ1n) is 12.1. The molecule has 5 heterocycles. The van der Waals surface area contributed by atoms with Crippen LogP contribution in [0.25, 0.3) is 0 Å². The lowest BCUT2D eigenvalue weighted by Gasteiger charge is -2.60. The lowest BCUT2D eigenvalue weighted by atomic mass is 9.42. The molecule has 0 saturated heterocycles. The first-order valence-corrected chi connectivity index (χ1v) is 12.1. The third-order valence-corrected chi connectivity index (χ3v) is 7.60. The van der Waals surface area contributed by atoms with Gasteiger partial charge in [0.2, 0.25) is 0 Å². The summed E-state index contributed by atoms with van der Waals surface area (Å²) in [5.41, 5.74) is 0.570. The van der Waals surface area contributed by atoms with Crippen molar-refractivity contribution < 1.29 is 47.6 Å². The molecule has 0 radical (unpaired) electrons. The Morgan fingerprint density at radius 1 is 0.703 bits per heavy atom. The molecule has 8 rings (SSSR count). The average Bonchev–Trinajstić information content (AvgIpc) is 2.86. The second kappa shape index (κ2) is 8.79. The largest absolute Gasteiger partial charge is 0.482 e. The molecule has 2 aromatic carbocycles. The minimum Gasteiger partial charge on any atom is -0.482 e. The molecule has 1 saturated carbocycles. The molecule has 1 fully saturated rings. The number of rotatable bonds is 0. The number of benzene rings is 2. The van der Waals surface area contributed by atoms with Gasteiger partial charge in [0, 0.05) is 34.6 Å².